The number of halogens is 1. The number of carbonyl (C=O) groups excluding carboxylic acids is 1. The number of ether oxygens (including phenoxy) is 2. The molecule has 0 aliphatic rings. The molecule has 20 heavy (non-hydrogen) atoms. The number of aromatic nitrogens is 1. The molecule has 5 nitrogen and oxygen atoms in total. The fraction of sp³-hybridized carbons (Fsp3) is 0.571. The minimum atomic E-state index is -0.481. The molecule has 0 N–H and O–H groups in total. The maximum absolute atomic E-state index is 11.7. The van der Waals surface area contributed by atoms with Crippen molar-refractivity contribution >= 4 is 22.0 Å². The van der Waals surface area contributed by atoms with Crippen LogP contribution in [0.5, 0.6) is 0 Å². The lowest BCUT2D eigenvalue weighted by atomic mass is 10.2. The van der Waals surface area contributed by atoms with E-state index in [0.29, 0.717) is 19.8 Å². The highest BCUT2D eigenvalue weighted by molar-refractivity contribution is 9.10. The van der Waals surface area contributed by atoms with Crippen LogP contribution in [0.1, 0.15) is 26.5 Å². The predicted molar refractivity (Wildman–Crippen MR) is 80.5 cm³/mol. The highest BCUT2D eigenvalue weighted by atomic mass is 79.9. The van der Waals surface area contributed by atoms with E-state index in [2.05, 4.69) is 20.9 Å². The highest BCUT2D eigenvalue weighted by Gasteiger charge is 2.19. The van der Waals surface area contributed by atoms with Gasteiger partial charge in [-0.1, -0.05) is 0 Å². The Morgan fingerprint density at radius 2 is 2.15 bits per heavy atom. The number of hydrogen-bond acceptors (Lipinski definition) is 4. The van der Waals surface area contributed by atoms with Gasteiger partial charge >= 0.3 is 6.09 Å². The van der Waals surface area contributed by atoms with Crippen LogP contribution in [0.4, 0.5) is 4.79 Å². The Hall–Kier alpha value is -1.14. The van der Waals surface area contributed by atoms with Crippen LogP contribution in [0, 0.1) is 0 Å². The summed E-state index contributed by atoms with van der Waals surface area (Å²) in [5.41, 5.74) is 0.359. The number of carbonyl (C=O) groups is 1. The summed E-state index contributed by atoms with van der Waals surface area (Å²) in [6.07, 6.45) is 1.37. The van der Waals surface area contributed by atoms with Crippen molar-refractivity contribution < 1.29 is 14.3 Å². The Balaban J connectivity index is 2.27. The minimum absolute atomic E-state index is 0.347. The van der Waals surface area contributed by atoms with Crippen LogP contribution >= 0.6 is 15.9 Å². The first kappa shape index (κ1) is 16.9. The van der Waals surface area contributed by atoms with Crippen molar-refractivity contribution in [3.63, 3.8) is 0 Å². The molecule has 0 spiro atoms. The Labute approximate surface area is 128 Å². The van der Waals surface area contributed by atoms with Gasteiger partial charge in [-0.3, -0.25) is 4.98 Å². The zero-order chi connectivity index (χ0) is 15.2. The van der Waals surface area contributed by atoms with Crippen molar-refractivity contribution in [2.24, 2.45) is 0 Å². The monoisotopic (exact) mass is 344 g/mol. The molecule has 1 aromatic rings. The lowest BCUT2D eigenvalue weighted by molar-refractivity contribution is 0.0219. The summed E-state index contributed by atoms with van der Waals surface area (Å²) in [6, 6.07) is 3.77. The maximum atomic E-state index is 11.7. The Morgan fingerprint density at radius 1 is 1.45 bits per heavy atom. The molecule has 1 amide bonds. The van der Waals surface area contributed by atoms with Crippen LogP contribution in [0.15, 0.2) is 22.8 Å². The third-order valence-electron chi connectivity index (χ3n) is 2.35. The molecule has 0 bridgehead atoms. The zero-order valence-electron chi connectivity index (χ0n) is 12.4. The third kappa shape index (κ3) is 6.34. The molecular weight excluding hydrogens is 324 g/mol. The molecule has 6 heteroatoms. The van der Waals surface area contributed by atoms with E-state index in [0.717, 1.165) is 10.2 Å². The van der Waals surface area contributed by atoms with Crippen molar-refractivity contribution in [2.45, 2.75) is 33.0 Å². The summed E-state index contributed by atoms with van der Waals surface area (Å²) in [5.74, 6) is 0. The molecule has 0 aliphatic heterocycles. The fourth-order valence-corrected chi connectivity index (χ4v) is 1.70. The van der Waals surface area contributed by atoms with E-state index in [1.807, 2.05) is 32.9 Å². The second-order valence-corrected chi connectivity index (χ2v) is 6.24. The first-order valence-electron chi connectivity index (χ1n) is 6.41. The minimum Gasteiger partial charge on any atom is -0.444 e. The van der Waals surface area contributed by atoms with E-state index in [4.69, 9.17) is 9.47 Å². The van der Waals surface area contributed by atoms with Gasteiger partial charge in [-0.15, -0.1) is 0 Å². The summed E-state index contributed by atoms with van der Waals surface area (Å²) in [5, 5.41) is 0. The molecule has 0 saturated heterocycles. The number of rotatable bonds is 5. The van der Waals surface area contributed by atoms with E-state index in [1.165, 1.54) is 4.90 Å². The summed E-state index contributed by atoms with van der Waals surface area (Å²) in [7, 11) is 1.69. The van der Waals surface area contributed by atoms with Crippen molar-refractivity contribution in [2.75, 3.05) is 20.2 Å². The smallest absolute Gasteiger partial charge is 0.410 e. The standard InChI is InChI=1S/C14H21BrN2O3/c1-14(2,3)20-13(18)17(4)8-9-19-10-12-11(15)6-5-7-16-12/h5-7H,8-10H2,1-4H3. The van der Waals surface area contributed by atoms with E-state index in [9.17, 15) is 4.79 Å². The summed E-state index contributed by atoms with van der Waals surface area (Å²) in [4.78, 5) is 17.4. The van der Waals surface area contributed by atoms with Crippen molar-refractivity contribution in [1.82, 2.24) is 9.88 Å². The maximum Gasteiger partial charge on any atom is 0.410 e. The molecule has 1 aromatic heterocycles. The second-order valence-electron chi connectivity index (χ2n) is 5.39. The highest BCUT2D eigenvalue weighted by Crippen LogP contribution is 2.14. The van der Waals surface area contributed by atoms with Crippen molar-refractivity contribution in [1.29, 1.82) is 0 Å². The summed E-state index contributed by atoms with van der Waals surface area (Å²) in [6.45, 7) is 6.83. The third-order valence-corrected chi connectivity index (χ3v) is 3.07. The van der Waals surface area contributed by atoms with Crippen LogP contribution in [-0.4, -0.2) is 41.8 Å². The summed E-state index contributed by atoms with van der Waals surface area (Å²) >= 11 is 3.41. The van der Waals surface area contributed by atoms with E-state index in [-0.39, 0.29) is 6.09 Å². The lowest BCUT2D eigenvalue weighted by Crippen LogP contribution is -2.36. The number of pyridine rings is 1. The first-order chi connectivity index (χ1) is 9.29. The van der Waals surface area contributed by atoms with Crippen molar-refractivity contribution in [3.8, 4) is 0 Å². The molecule has 0 unspecified atom stereocenters. The Kier molecular flexibility index (Phi) is 6.42. The van der Waals surface area contributed by atoms with Gasteiger partial charge in [0.25, 0.3) is 0 Å². The van der Waals surface area contributed by atoms with Crippen LogP contribution in [-0.2, 0) is 16.1 Å². The van der Waals surface area contributed by atoms with Gasteiger partial charge in [0, 0.05) is 24.3 Å². The number of amides is 1. The molecule has 0 atom stereocenters. The second kappa shape index (κ2) is 7.59. The van der Waals surface area contributed by atoms with Crippen LogP contribution in [0.2, 0.25) is 0 Å². The SMILES string of the molecule is CN(CCOCc1ncccc1Br)C(=O)OC(C)(C)C. The van der Waals surface area contributed by atoms with Crippen LogP contribution in [0.3, 0.4) is 0 Å². The predicted octanol–water partition coefficient (Wildman–Crippen LogP) is 3.23. The Bertz CT molecular complexity index is 446. The quantitative estimate of drug-likeness (QED) is 0.769. The summed E-state index contributed by atoms with van der Waals surface area (Å²) < 4.78 is 11.7. The van der Waals surface area contributed by atoms with Crippen LogP contribution in [0.25, 0.3) is 0 Å². The lowest BCUT2D eigenvalue weighted by Gasteiger charge is -2.24. The van der Waals surface area contributed by atoms with Crippen molar-refractivity contribution in [3.05, 3.63) is 28.5 Å². The molecule has 1 rings (SSSR count). The van der Waals surface area contributed by atoms with Gasteiger partial charge in [-0.05, 0) is 48.8 Å². The molecule has 0 fully saturated rings. The van der Waals surface area contributed by atoms with Gasteiger partial charge in [0.1, 0.15) is 5.60 Å². The van der Waals surface area contributed by atoms with Gasteiger partial charge in [0.05, 0.1) is 18.9 Å². The largest absolute Gasteiger partial charge is 0.444 e. The average Bonchev–Trinajstić information content (AvgIpc) is 2.34. The zero-order valence-corrected chi connectivity index (χ0v) is 13.9. The van der Waals surface area contributed by atoms with Gasteiger partial charge < -0.3 is 14.4 Å². The Morgan fingerprint density at radius 3 is 2.75 bits per heavy atom. The van der Waals surface area contributed by atoms with Crippen LogP contribution < -0.4 is 0 Å². The molecule has 0 aromatic carbocycles. The number of hydrogen-bond donors (Lipinski definition) is 0. The van der Waals surface area contributed by atoms with E-state index >= 15 is 0 Å². The van der Waals surface area contributed by atoms with E-state index in [1.54, 1.807) is 13.2 Å². The average molecular weight is 345 g/mol. The van der Waals surface area contributed by atoms with Gasteiger partial charge in [-0.2, -0.15) is 0 Å². The normalized spacial score (nSPS) is 11.2. The molecule has 112 valence electrons. The fourth-order valence-electron chi connectivity index (χ4n) is 1.33. The number of nitrogens with zero attached hydrogens (tertiary/aromatic N) is 2. The number of likely N-dealkylation sites (N-methyl/N-ethyl adjacent to an activating group) is 1. The molecule has 0 aliphatic carbocycles. The molecule has 1 heterocycles. The van der Waals surface area contributed by atoms with Gasteiger partial charge in [0.15, 0.2) is 0 Å². The van der Waals surface area contributed by atoms with Gasteiger partial charge in [0.2, 0.25) is 0 Å². The molecule has 0 radical (unpaired) electrons. The van der Waals surface area contributed by atoms with Gasteiger partial charge in [-0.25, -0.2) is 4.79 Å². The topological polar surface area (TPSA) is 51.7 Å². The molecule has 0 saturated carbocycles. The van der Waals surface area contributed by atoms with E-state index < -0.39 is 5.60 Å². The molecular formula is C14H21BrN2O3. The first-order valence-corrected chi connectivity index (χ1v) is 7.20.